The van der Waals surface area contributed by atoms with Gasteiger partial charge in [-0.1, -0.05) is 49.6 Å². The van der Waals surface area contributed by atoms with Gasteiger partial charge in [0.15, 0.2) is 0 Å². The topological polar surface area (TPSA) is 45.2 Å². The minimum absolute atomic E-state index is 0.132. The molecule has 5 heteroatoms. The van der Waals surface area contributed by atoms with Crippen molar-refractivity contribution in [3.05, 3.63) is 41.4 Å². The monoisotopic (exact) mass is 383 g/mol. The van der Waals surface area contributed by atoms with E-state index in [9.17, 15) is 4.79 Å². The van der Waals surface area contributed by atoms with E-state index in [0.29, 0.717) is 6.04 Å². The van der Waals surface area contributed by atoms with Gasteiger partial charge in [-0.05, 0) is 32.2 Å². The first-order valence-corrected chi connectivity index (χ1v) is 11.2. The number of carbonyl (C=O) groups excluding carboxylic acids is 1. The number of rotatable bonds is 5. The first-order chi connectivity index (χ1) is 13.3. The maximum atomic E-state index is 12.7. The number of nitrogens with zero attached hydrogens (tertiary/aromatic N) is 2. The van der Waals surface area contributed by atoms with E-state index in [1.165, 1.54) is 24.8 Å². The molecule has 1 saturated heterocycles. The molecule has 1 unspecified atom stereocenters. The molecule has 27 heavy (non-hydrogen) atoms. The normalized spacial score (nSPS) is 21.9. The van der Waals surface area contributed by atoms with E-state index in [2.05, 4.69) is 39.9 Å². The Hall–Kier alpha value is -1.72. The molecular formula is C22H29N3OS. The van der Waals surface area contributed by atoms with Crippen molar-refractivity contribution in [2.45, 2.75) is 57.5 Å². The highest BCUT2D eigenvalue weighted by molar-refractivity contribution is 7.13. The molecule has 0 spiro atoms. The van der Waals surface area contributed by atoms with Crippen LogP contribution in [0.25, 0.3) is 10.6 Å². The zero-order valence-corrected chi connectivity index (χ0v) is 16.7. The number of benzene rings is 1. The van der Waals surface area contributed by atoms with Crippen molar-refractivity contribution in [1.29, 1.82) is 0 Å². The molecule has 1 aliphatic carbocycles. The molecule has 1 aromatic heterocycles. The fourth-order valence-electron chi connectivity index (χ4n) is 4.30. The summed E-state index contributed by atoms with van der Waals surface area (Å²) in [6.07, 6.45) is 8.26. The van der Waals surface area contributed by atoms with Crippen LogP contribution in [0.3, 0.4) is 0 Å². The van der Waals surface area contributed by atoms with Gasteiger partial charge in [-0.25, -0.2) is 4.98 Å². The van der Waals surface area contributed by atoms with Gasteiger partial charge < -0.3 is 5.32 Å². The number of piperidine rings is 1. The lowest BCUT2D eigenvalue weighted by Crippen LogP contribution is -2.46. The van der Waals surface area contributed by atoms with Crippen LogP contribution in [0.2, 0.25) is 0 Å². The number of thiazole rings is 1. The number of hydrogen-bond acceptors (Lipinski definition) is 4. The average Bonchev–Trinajstić information content (AvgIpc) is 3.18. The molecule has 144 valence electrons. The Morgan fingerprint density at radius 3 is 2.74 bits per heavy atom. The van der Waals surface area contributed by atoms with Crippen LogP contribution in [-0.2, 0) is 11.3 Å². The Morgan fingerprint density at radius 2 is 1.93 bits per heavy atom. The highest BCUT2D eigenvalue weighted by Gasteiger charge is 2.28. The summed E-state index contributed by atoms with van der Waals surface area (Å²) in [6, 6.07) is 10.8. The number of amides is 1. The number of hydrogen-bond donors (Lipinski definition) is 1. The fraction of sp³-hybridized carbons (Fsp3) is 0.545. The second-order valence-electron chi connectivity index (χ2n) is 7.93. The molecule has 2 heterocycles. The van der Waals surface area contributed by atoms with Crippen molar-refractivity contribution in [2.75, 3.05) is 13.1 Å². The zero-order valence-electron chi connectivity index (χ0n) is 15.9. The summed E-state index contributed by atoms with van der Waals surface area (Å²) in [4.78, 5) is 19.9. The van der Waals surface area contributed by atoms with E-state index in [4.69, 9.17) is 4.98 Å². The Morgan fingerprint density at radius 1 is 1.11 bits per heavy atom. The van der Waals surface area contributed by atoms with E-state index < -0.39 is 0 Å². The number of likely N-dealkylation sites (tertiary alicyclic amines) is 1. The standard InChI is InChI=1S/C22H29N3OS/c26-21(23-19-11-5-2-6-12-19)18-10-7-13-25(14-18)15-20-16-27-22(24-20)17-8-3-1-4-9-17/h1,3-4,8-9,16,18-19H,2,5-7,10-15H2,(H,23,26). The molecule has 2 fully saturated rings. The third-order valence-electron chi connectivity index (χ3n) is 5.79. The van der Waals surface area contributed by atoms with Crippen LogP contribution in [0.4, 0.5) is 0 Å². The van der Waals surface area contributed by atoms with Crippen LogP contribution in [0, 0.1) is 5.92 Å². The molecule has 0 bridgehead atoms. The second kappa shape index (κ2) is 8.98. The number of aromatic nitrogens is 1. The summed E-state index contributed by atoms with van der Waals surface area (Å²) < 4.78 is 0. The van der Waals surface area contributed by atoms with Crippen molar-refractivity contribution >= 4 is 17.2 Å². The molecule has 2 aliphatic rings. The average molecular weight is 384 g/mol. The summed E-state index contributed by atoms with van der Waals surface area (Å²) >= 11 is 1.70. The maximum absolute atomic E-state index is 12.7. The van der Waals surface area contributed by atoms with Crippen molar-refractivity contribution in [3.8, 4) is 10.6 Å². The van der Waals surface area contributed by atoms with Gasteiger partial charge in [0.25, 0.3) is 0 Å². The second-order valence-corrected chi connectivity index (χ2v) is 8.79. The summed E-state index contributed by atoms with van der Waals surface area (Å²) in [5.41, 5.74) is 2.30. The van der Waals surface area contributed by atoms with Crippen molar-refractivity contribution in [1.82, 2.24) is 15.2 Å². The quantitative estimate of drug-likeness (QED) is 0.828. The van der Waals surface area contributed by atoms with E-state index in [0.717, 1.165) is 56.0 Å². The van der Waals surface area contributed by atoms with Gasteiger partial charge in [0.05, 0.1) is 11.6 Å². The molecule has 1 aliphatic heterocycles. The van der Waals surface area contributed by atoms with E-state index in [1.54, 1.807) is 11.3 Å². The van der Waals surface area contributed by atoms with Crippen molar-refractivity contribution < 1.29 is 4.79 Å². The van der Waals surface area contributed by atoms with Gasteiger partial charge in [0.1, 0.15) is 5.01 Å². The van der Waals surface area contributed by atoms with Crippen LogP contribution in [0.15, 0.2) is 35.7 Å². The van der Waals surface area contributed by atoms with Crippen molar-refractivity contribution in [3.63, 3.8) is 0 Å². The Bertz CT molecular complexity index is 739. The summed E-state index contributed by atoms with van der Waals surface area (Å²) in [5.74, 6) is 0.405. The summed E-state index contributed by atoms with van der Waals surface area (Å²) in [6.45, 7) is 2.76. The van der Waals surface area contributed by atoms with E-state index in [-0.39, 0.29) is 11.8 Å². The molecule has 0 radical (unpaired) electrons. The Balaban J connectivity index is 1.32. The number of nitrogens with one attached hydrogen (secondary N) is 1. The lowest BCUT2D eigenvalue weighted by atomic mass is 9.93. The molecular weight excluding hydrogens is 354 g/mol. The minimum Gasteiger partial charge on any atom is -0.353 e. The highest BCUT2D eigenvalue weighted by atomic mass is 32.1. The third kappa shape index (κ3) is 4.96. The third-order valence-corrected chi connectivity index (χ3v) is 6.73. The lowest BCUT2D eigenvalue weighted by Gasteiger charge is -2.33. The van der Waals surface area contributed by atoms with E-state index in [1.807, 2.05) is 6.07 Å². The highest BCUT2D eigenvalue weighted by Crippen LogP contribution is 2.26. The van der Waals surface area contributed by atoms with Crippen LogP contribution >= 0.6 is 11.3 Å². The molecule has 1 N–H and O–H groups in total. The van der Waals surface area contributed by atoms with Gasteiger partial charge in [-0.15, -0.1) is 11.3 Å². The predicted molar refractivity (Wildman–Crippen MR) is 111 cm³/mol. The maximum Gasteiger partial charge on any atom is 0.224 e. The molecule has 4 nitrogen and oxygen atoms in total. The van der Waals surface area contributed by atoms with Crippen molar-refractivity contribution in [2.24, 2.45) is 5.92 Å². The molecule has 1 aromatic carbocycles. The smallest absolute Gasteiger partial charge is 0.224 e. The van der Waals surface area contributed by atoms with Gasteiger partial charge in [-0.3, -0.25) is 9.69 Å². The van der Waals surface area contributed by atoms with Crippen LogP contribution < -0.4 is 5.32 Å². The largest absolute Gasteiger partial charge is 0.353 e. The first kappa shape index (κ1) is 18.6. The Labute approximate surface area is 166 Å². The molecule has 1 amide bonds. The van der Waals surface area contributed by atoms with Crippen LogP contribution in [-0.4, -0.2) is 34.9 Å². The summed E-state index contributed by atoms with van der Waals surface area (Å²) in [5, 5.41) is 6.56. The molecule has 4 rings (SSSR count). The molecule has 1 atom stereocenters. The first-order valence-electron chi connectivity index (χ1n) is 10.3. The predicted octanol–water partition coefficient (Wildman–Crippen LogP) is 4.47. The van der Waals surface area contributed by atoms with Gasteiger partial charge >= 0.3 is 0 Å². The Kier molecular flexibility index (Phi) is 6.20. The van der Waals surface area contributed by atoms with Crippen LogP contribution in [0.5, 0.6) is 0 Å². The number of carbonyl (C=O) groups is 1. The van der Waals surface area contributed by atoms with Crippen LogP contribution in [0.1, 0.15) is 50.6 Å². The minimum atomic E-state index is 0.132. The molecule has 2 aromatic rings. The van der Waals surface area contributed by atoms with Gasteiger partial charge in [-0.2, -0.15) is 0 Å². The lowest BCUT2D eigenvalue weighted by molar-refractivity contribution is -0.127. The zero-order chi connectivity index (χ0) is 18.5. The SMILES string of the molecule is O=C(NC1CCCCC1)C1CCCN(Cc2csc(-c3ccccc3)n2)C1. The van der Waals surface area contributed by atoms with Gasteiger partial charge in [0.2, 0.25) is 5.91 Å². The summed E-state index contributed by atoms with van der Waals surface area (Å²) in [7, 11) is 0. The van der Waals surface area contributed by atoms with Gasteiger partial charge in [0, 0.05) is 30.1 Å². The molecule has 1 saturated carbocycles. The fourth-order valence-corrected chi connectivity index (χ4v) is 5.12. The van der Waals surface area contributed by atoms with E-state index >= 15 is 0 Å².